The van der Waals surface area contributed by atoms with Crippen LogP contribution in [0.25, 0.3) is 0 Å². The number of ether oxygens (including phenoxy) is 1. The number of aryl methyl sites for hydroxylation is 1. The first kappa shape index (κ1) is 21.2. The minimum absolute atomic E-state index is 0.00512. The highest BCUT2D eigenvalue weighted by Gasteiger charge is 2.37. The summed E-state index contributed by atoms with van der Waals surface area (Å²) in [6.45, 7) is 11.7. The molecule has 150 valence electrons. The fraction of sp³-hybridized carbons (Fsp3) is 0.650. The summed E-state index contributed by atoms with van der Waals surface area (Å²) in [6, 6.07) is 0.114. The lowest BCUT2D eigenvalue weighted by Gasteiger charge is -2.33. The Bertz CT molecular complexity index is 707. The molecular formula is C20H30N2O5. The number of carbonyl (C=O) groups excluding carboxylic acids is 3. The molecule has 2 amide bonds. The number of Topliss-reactive ketones (excluding diaryl/α,β-unsaturated/α-hetero) is 1. The highest BCUT2D eigenvalue weighted by molar-refractivity contribution is 5.99. The quantitative estimate of drug-likeness (QED) is 0.758. The first-order valence-corrected chi connectivity index (χ1v) is 9.32. The van der Waals surface area contributed by atoms with Crippen molar-refractivity contribution in [3.8, 4) is 0 Å². The van der Waals surface area contributed by atoms with E-state index in [9.17, 15) is 14.4 Å². The van der Waals surface area contributed by atoms with E-state index in [-0.39, 0.29) is 35.7 Å². The third kappa shape index (κ3) is 4.97. The average Bonchev–Trinajstić information content (AvgIpc) is 3.14. The molecule has 2 heterocycles. The van der Waals surface area contributed by atoms with Crippen LogP contribution in [0, 0.1) is 18.3 Å². The molecule has 2 rings (SSSR count). The lowest BCUT2D eigenvalue weighted by atomic mass is 9.76. The Morgan fingerprint density at radius 3 is 2.48 bits per heavy atom. The van der Waals surface area contributed by atoms with E-state index < -0.39 is 12.1 Å². The normalized spacial score (nSPS) is 21.4. The molecular weight excluding hydrogens is 348 g/mol. The highest BCUT2D eigenvalue weighted by atomic mass is 16.5. The summed E-state index contributed by atoms with van der Waals surface area (Å²) in [5.41, 5.74) is 0.200. The van der Waals surface area contributed by atoms with Gasteiger partial charge in [0.1, 0.15) is 24.5 Å². The zero-order valence-corrected chi connectivity index (χ0v) is 16.9. The van der Waals surface area contributed by atoms with E-state index in [1.807, 2.05) is 0 Å². The van der Waals surface area contributed by atoms with Gasteiger partial charge in [0.15, 0.2) is 5.78 Å². The van der Waals surface area contributed by atoms with Crippen molar-refractivity contribution in [2.45, 2.75) is 66.2 Å². The number of carbonyl (C=O) groups is 3. The maximum atomic E-state index is 12.9. The van der Waals surface area contributed by atoms with Crippen molar-refractivity contribution in [1.29, 1.82) is 0 Å². The number of amides is 2. The molecule has 1 aliphatic rings. The molecule has 0 bridgehead atoms. The number of hydrogen-bond acceptors (Lipinski definition) is 5. The zero-order valence-electron chi connectivity index (χ0n) is 16.9. The molecule has 0 saturated carbocycles. The maximum Gasteiger partial charge on any atom is 0.255 e. The lowest BCUT2D eigenvalue weighted by Crippen LogP contribution is -2.54. The van der Waals surface area contributed by atoms with Gasteiger partial charge in [0.2, 0.25) is 5.91 Å². The summed E-state index contributed by atoms with van der Waals surface area (Å²) in [6.07, 6.45) is 1.50. The molecule has 0 aliphatic carbocycles. The molecule has 1 aromatic rings. The molecule has 2 N–H and O–H groups in total. The van der Waals surface area contributed by atoms with E-state index in [4.69, 9.17) is 9.15 Å². The van der Waals surface area contributed by atoms with Crippen molar-refractivity contribution in [1.82, 2.24) is 10.6 Å². The molecule has 1 saturated heterocycles. The Kier molecular flexibility index (Phi) is 6.46. The SMILES string of the molecule is Cc1occc1C(=O)N[C@@H](CC(C)(C)C(C)C)C(=O)N[C@@H]1C(=O)CO[C@H]1C. The Labute approximate surface area is 160 Å². The van der Waals surface area contributed by atoms with Crippen LogP contribution < -0.4 is 10.6 Å². The Morgan fingerprint density at radius 1 is 1.33 bits per heavy atom. The monoisotopic (exact) mass is 378 g/mol. The van der Waals surface area contributed by atoms with Crippen molar-refractivity contribution in [3.63, 3.8) is 0 Å². The van der Waals surface area contributed by atoms with Gasteiger partial charge in [-0.1, -0.05) is 27.7 Å². The van der Waals surface area contributed by atoms with Crippen LogP contribution in [-0.4, -0.2) is 42.4 Å². The standard InChI is InChI=1S/C20H30N2O5/c1-11(2)20(5,6)9-15(21-18(24)14-7-8-26-12(14)3)19(25)22-17-13(4)27-10-16(17)23/h7-8,11,13,15,17H,9-10H2,1-6H3,(H,21,24)(H,22,25)/t13-,15-,17-/m0/s1. The van der Waals surface area contributed by atoms with Crippen molar-refractivity contribution >= 4 is 17.6 Å². The highest BCUT2D eigenvalue weighted by Crippen LogP contribution is 2.31. The number of ketones is 1. The van der Waals surface area contributed by atoms with Gasteiger partial charge in [0.25, 0.3) is 5.91 Å². The van der Waals surface area contributed by atoms with Crippen molar-refractivity contribution in [3.05, 3.63) is 23.7 Å². The van der Waals surface area contributed by atoms with E-state index in [2.05, 4.69) is 38.3 Å². The number of hydrogen-bond donors (Lipinski definition) is 2. The molecule has 7 nitrogen and oxygen atoms in total. The summed E-state index contributed by atoms with van der Waals surface area (Å²) in [5, 5.41) is 5.57. The van der Waals surface area contributed by atoms with E-state index in [0.29, 0.717) is 23.7 Å². The lowest BCUT2D eigenvalue weighted by molar-refractivity contribution is -0.128. The third-order valence-electron chi connectivity index (χ3n) is 5.62. The second-order valence-electron chi connectivity index (χ2n) is 8.23. The molecule has 0 radical (unpaired) electrons. The van der Waals surface area contributed by atoms with Crippen molar-refractivity contribution in [2.24, 2.45) is 11.3 Å². The van der Waals surface area contributed by atoms with Gasteiger partial charge in [-0.2, -0.15) is 0 Å². The third-order valence-corrected chi connectivity index (χ3v) is 5.62. The van der Waals surface area contributed by atoms with Gasteiger partial charge < -0.3 is 19.8 Å². The zero-order chi connectivity index (χ0) is 20.4. The Hall–Kier alpha value is -2.15. The largest absolute Gasteiger partial charge is 0.469 e. The van der Waals surface area contributed by atoms with E-state index >= 15 is 0 Å². The first-order valence-electron chi connectivity index (χ1n) is 9.32. The molecule has 1 fully saturated rings. The molecule has 3 atom stereocenters. The average molecular weight is 378 g/mol. The van der Waals surface area contributed by atoms with Gasteiger partial charge in [-0.15, -0.1) is 0 Å². The molecule has 1 aromatic heterocycles. The molecule has 27 heavy (non-hydrogen) atoms. The van der Waals surface area contributed by atoms with Gasteiger partial charge in [-0.05, 0) is 37.7 Å². The van der Waals surface area contributed by atoms with Crippen molar-refractivity contribution < 1.29 is 23.5 Å². The molecule has 0 aromatic carbocycles. The van der Waals surface area contributed by atoms with Crippen LogP contribution in [0.1, 0.15) is 57.2 Å². The van der Waals surface area contributed by atoms with Crippen LogP contribution in [0.15, 0.2) is 16.7 Å². The van der Waals surface area contributed by atoms with Crippen LogP contribution in [0.2, 0.25) is 0 Å². The van der Waals surface area contributed by atoms with Gasteiger partial charge in [0.05, 0.1) is 17.9 Å². The summed E-state index contributed by atoms with van der Waals surface area (Å²) in [5.74, 6) is -0.120. The minimum atomic E-state index is -0.773. The van der Waals surface area contributed by atoms with Crippen LogP contribution in [0.5, 0.6) is 0 Å². The fourth-order valence-corrected chi connectivity index (χ4v) is 2.94. The summed E-state index contributed by atoms with van der Waals surface area (Å²) >= 11 is 0. The number of nitrogens with one attached hydrogen (secondary N) is 2. The predicted octanol–water partition coefficient (Wildman–Crippen LogP) is 2.23. The molecule has 1 aliphatic heterocycles. The predicted molar refractivity (Wildman–Crippen MR) is 100 cm³/mol. The summed E-state index contributed by atoms with van der Waals surface area (Å²) < 4.78 is 10.5. The molecule has 7 heteroatoms. The fourth-order valence-electron chi connectivity index (χ4n) is 2.94. The summed E-state index contributed by atoms with van der Waals surface area (Å²) in [4.78, 5) is 37.5. The van der Waals surface area contributed by atoms with Gasteiger partial charge in [0, 0.05) is 0 Å². The van der Waals surface area contributed by atoms with Crippen LogP contribution >= 0.6 is 0 Å². The van der Waals surface area contributed by atoms with Crippen LogP contribution in [-0.2, 0) is 14.3 Å². The van der Waals surface area contributed by atoms with Gasteiger partial charge in [-0.3, -0.25) is 14.4 Å². The van der Waals surface area contributed by atoms with Gasteiger partial charge in [-0.25, -0.2) is 0 Å². The minimum Gasteiger partial charge on any atom is -0.469 e. The van der Waals surface area contributed by atoms with Crippen LogP contribution in [0.3, 0.4) is 0 Å². The number of furan rings is 1. The van der Waals surface area contributed by atoms with Crippen molar-refractivity contribution in [2.75, 3.05) is 6.61 Å². The Morgan fingerprint density at radius 2 is 2.00 bits per heavy atom. The second kappa shape index (κ2) is 8.25. The topological polar surface area (TPSA) is 97.6 Å². The Balaban J connectivity index is 2.18. The van der Waals surface area contributed by atoms with E-state index in [1.165, 1.54) is 6.26 Å². The first-order chi connectivity index (χ1) is 12.5. The van der Waals surface area contributed by atoms with E-state index in [0.717, 1.165) is 0 Å². The van der Waals surface area contributed by atoms with E-state index in [1.54, 1.807) is 19.9 Å². The number of rotatable bonds is 7. The van der Waals surface area contributed by atoms with Crippen LogP contribution in [0.4, 0.5) is 0 Å². The molecule has 0 unspecified atom stereocenters. The maximum absolute atomic E-state index is 12.9. The smallest absolute Gasteiger partial charge is 0.255 e. The van der Waals surface area contributed by atoms with Gasteiger partial charge >= 0.3 is 0 Å². The molecule has 0 spiro atoms. The summed E-state index contributed by atoms with van der Waals surface area (Å²) in [7, 11) is 0. The second-order valence-corrected chi connectivity index (χ2v) is 8.23.